The zero-order valence-electron chi connectivity index (χ0n) is 19.1. The van der Waals surface area contributed by atoms with Gasteiger partial charge >= 0.3 is 0 Å². The number of aryl methyl sites for hydroxylation is 1. The van der Waals surface area contributed by atoms with Crippen LogP contribution in [0.15, 0.2) is 72.8 Å². The summed E-state index contributed by atoms with van der Waals surface area (Å²) in [4.78, 5) is 39.2. The Balaban J connectivity index is 1.45. The highest BCUT2D eigenvalue weighted by Crippen LogP contribution is 2.22. The van der Waals surface area contributed by atoms with Gasteiger partial charge in [-0.3, -0.25) is 19.3 Å². The van der Waals surface area contributed by atoms with Gasteiger partial charge in [0.05, 0.1) is 6.04 Å². The molecule has 0 aromatic heterocycles. The molecule has 4 N–H and O–H groups in total. The number of benzene rings is 3. The first-order chi connectivity index (χ1) is 16.4. The van der Waals surface area contributed by atoms with Crippen molar-refractivity contribution in [3.8, 4) is 0 Å². The predicted octanol–water partition coefficient (Wildman–Crippen LogP) is 3.95. The van der Waals surface area contributed by atoms with E-state index in [4.69, 9.17) is 5.73 Å². The third-order valence-electron chi connectivity index (χ3n) is 6.05. The first-order valence-electron chi connectivity index (χ1n) is 11.3. The topological polar surface area (TPSA) is 105 Å². The Labute approximate surface area is 199 Å². The molecule has 0 aliphatic carbocycles. The zero-order valence-corrected chi connectivity index (χ0v) is 19.1. The number of rotatable bonds is 7. The van der Waals surface area contributed by atoms with Crippen molar-refractivity contribution >= 4 is 29.1 Å². The SMILES string of the molecule is Cc1ccc(C(=O)Nc2cccc(CN3CCCC3C(N)=O)c2)cc1NC(=O)c1ccccc1. The molecule has 34 heavy (non-hydrogen) atoms. The standard InChI is InChI=1S/C27H28N4O3/c1-18-12-13-21(16-23(18)30-26(33)20-8-3-2-4-9-20)27(34)29-22-10-5-7-19(15-22)17-31-14-6-11-24(31)25(28)32/h2-5,7-10,12-13,15-16,24H,6,11,14,17H2,1H3,(H2,28,32)(H,29,34)(H,30,33). The van der Waals surface area contributed by atoms with Crippen LogP contribution in [0.1, 0.15) is 44.7 Å². The minimum absolute atomic E-state index is 0.231. The maximum Gasteiger partial charge on any atom is 0.255 e. The van der Waals surface area contributed by atoms with Gasteiger partial charge in [-0.15, -0.1) is 0 Å². The van der Waals surface area contributed by atoms with Gasteiger partial charge in [-0.05, 0) is 73.8 Å². The average Bonchev–Trinajstić information content (AvgIpc) is 3.29. The van der Waals surface area contributed by atoms with Crippen molar-refractivity contribution in [2.24, 2.45) is 5.73 Å². The molecular formula is C27H28N4O3. The van der Waals surface area contributed by atoms with Gasteiger partial charge < -0.3 is 16.4 Å². The number of hydrogen-bond acceptors (Lipinski definition) is 4. The number of primary amides is 1. The highest BCUT2D eigenvalue weighted by molar-refractivity contribution is 6.07. The zero-order chi connectivity index (χ0) is 24.1. The largest absolute Gasteiger partial charge is 0.368 e. The Hall–Kier alpha value is -3.97. The Kier molecular flexibility index (Phi) is 7.04. The van der Waals surface area contributed by atoms with E-state index in [-0.39, 0.29) is 23.8 Å². The highest BCUT2D eigenvalue weighted by atomic mass is 16.2. The molecule has 0 spiro atoms. The van der Waals surface area contributed by atoms with Crippen LogP contribution in [0.5, 0.6) is 0 Å². The van der Waals surface area contributed by atoms with Crippen molar-refractivity contribution in [2.75, 3.05) is 17.2 Å². The van der Waals surface area contributed by atoms with Crippen LogP contribution in [-0.4, -0.2) is 35.2 Å². The predicted molar refractivity (Wildman–Crippen MR) is 133 cm³/mol. The normalized spacial score (nSPS) is 15.6. The number of likely N-dealkylation sites (tertiary alicyclic amines) is 1. The highest BCUT2D eigenvalue weighted by Gasteiger charge is 2.28. The lowest BCUT2D eigenvalue weighted by Crippen LogP contribution is -2.39. The number of nitrogens with zero attached hydrogens (tertiary/aromatic N) is 1. The summed E-state index contributed by atoms with van der Waals surface area (Å²) in [6, 6.07) is 21.5. The second-order valence-electron chi connectivity index (χ2n) is 8.54. The summed E-state index contributed by atoms with van der Waals surface area (Å²) in [5.74, 6) is -0.801. The van der Waals surface area contributed by atoms with Crippen molar-refractivity contribution in [1.82, 2.24) is 4.90 Å². The Bertz CT molecular complexity index is 1210. The molecule has 1 aliphatic heterocycles. The minimum Gasteiger partial charge on any atom is -0.368 e. The summed E-state index contributed by atoms with van der Waals surface area (Å²) in [5.41, 5.74) is 9.60. The molecule has 7 nitrogen and oxygen atoms in total. The summed E-state index contributed by atoms with van der Waals surface area (Å²) in [7, 11) is 0. The van der Waals surface area contributed by atoms with Crippen LogP contribution in [0, 0.1) is 6.92 Å². The van der Waals surface area contributed by atoms with E-state index in [1.165, 1.54) is 0 Å². The van der Waals surface area contributed by atoms with E-state index in [0.717, 1.165) is 30.5 Å². The third-order valence-corrected chi connectivity index (χ3v) is 6.05. The fourth-order valence-corrected chi connectivity index (χ4v) is 4.20. The van der Waals surface area contributed by atoms with Crippen LogP contribution in [0.4, 0.5) is 11.4 Å². The monoisotopic (exact) mass is 456 g/mol. The molecule has 3 amide bonds. The smallest absolute Gasteiger partial charge is 0.255 e. The average molecular weight is 457 g/mol. The molecule has 0 radical (unpaired) electrons. The second-order valence-corrected chi connectivity index (χ2v) is 8.54. The van der Waals surface area contributed by atoms with Gasteiger partial charge in [0.15, 0.2) is 0 Å². The minimum atomic E-state index is -0.295. The van der Waals surface area contributed by atoms with E-state index in [9.17, 15) is 14.4 Å². The van der Waals surface area contributed by atoms with Crippen LogP contribution in [0.3, 0.4) is 0 Å². The molecule has 1 unspecified atom stereocenters. The number of amides is 3. The van der Waals surface area contributed by atoms with Crippen molar-refractivity contribution in [3.05, 3.63) is 95.1 Å². The van der Waals surface area contributed by atoms with E-state index in [1.807, 2.05) is 43.3 Å². The molecule has 1 saturated heterocycles. The molecule has 0 bridgehead atoms. The van der Waals surface area contributed by atoms with Crippen LogP contribution >= 0.6 is 0 Å². The summed E-state index contributed by atoms with van der Waals surface area (Å²) in [6.45, 7) is 3.30. The molecule has 1 fully saturated rings. The van der Waals surface area contributed by atoms with Crippen molar-refractivity contribution in [2.45, 2.75) is 32.4 Å². The third kappa shape index (κ3) is 5.50. The van der Waals surface area contributed by atoms with Crippen molar-refractivity contribution < 1.29 is 14.4 Å². The van der Waals surface area contributed by atoms with Crippen LogP contribution in [0.2, 0.25) is 0 Å². The lowest BCUT2D eigenvalue weighted by atomic mass is 10.1. The second kappa shape index (κ2) is 10.3. The fourth-order valence-electron chi connectivity index (χ4n) is 4.20. The van der Waals surface area contributed by atoms with Crippen LogP contribution in [-0.2, 0) is 11.3 Å². The molecule has 1 atom stereocenters. The molecule has 1 aliphatic rings. The summed E-state index contributed by atoms with van der Waals surface area (Å²) in [6.07, 6.45) is 1.73. The van der Waals surface area contributed by atoms with Gasteiger partial charge in [0.25, 0.3) is 11.8 Å². The summed E-state index contributed by atoms with van der Waals surface area (Å²) >= 11 is 0. The number of carbonyl (C=O) groups excluding carboxylic acids is 3. The molecular weight excluding hydrogens is 428 g/mol. The van der Waals surface area contributed by atoms with E-state index in [2.05, 4.69) is 15.5 Å². The fraction of sp³-hybridized carbons (Fsp3) is 0.222. The van der Waals surface area contributed by atoms with E-state index in [1.54, 1.807) is 36.4 Å². The summed E-state index contributed by atoms with van der Waals surface area (Å²) in [5, 5.41) is 5.81. The number of carbonyl (C=O) groups is 3. The van der Waals surface area contributed by atoms with Crippen molar-refractivity contribution in [1.29, 1.82) is 0 Å². The molecule has 174 valence electrons. The molecule has 1 heterocycles. The van der Waals surface area contributed by atoms with Gasteiger partial charge in [-0.25, -0.2) is 0 Å². The van der Waals surface area contributed by atoms with Gasteiger partial charge in [-0.1, -0.05) is 36.4 Å². The van der Waals surface area contributed by atoms with Crippen LogP contribution < -0.4 is 16.4 Å². The van der Waals surface area contributed by atoms with Crippen molar-refractivity contribution in [3.63, 3.8) is 0 Å². The van der Waals surface area contributed by atoms with Gasteiger partial charge in [-0.2, -0.15) is 0 Å². The maximum absolute atomic E-state index is 12.9. The van der Waals surface area contributed by atoms with Gasteiger partial charge in [0, 0.05) is 29.0 Å². The lowest BCUT2D eigenvalue weighted by molar-refractivity contribution is -0.122. The Morgan fingerprint density at radius 2 is 1.68 bits per heavy atom. The first kappa shape index (κ1) is 23.2. The van der Waals surface area contributed by atoms with E-state index >= 15 is 0 Å². The number of nitrogens with two attached hydrogens (primary N) is 1. The summed E-state index contributed by atoms with van der Waals surface area (Å²) < 4.78 is 0. The molecule has 0 saturated carbocycles. The van der Waals surface area contributed by atoms with Crippen LogP contribution in [0.25, 0.3) is 0 Å². The maximum atomic E-state index is 12.9. The molecule has 3 aromatic rings. The van der Waals surface area contributed by atoms with Gasteiger partial charge in [0.1, 0.15) is 0 Å². The Morgan fingerprint density at radius 3 is 2.44 bits per heavy atom. The van der Waals surface area contributed by atoms with E-state index in [0.29, 0.717) is 29.0 Å². The number of nitrogens with one attached hydrogen (secondary N) is 2. The molecule has 7 heteroatoms. The number of hydrogen-bond donors (Lipinski definition) is 3. The lowest BCUT2D eigenvalue weighted by Gasteiger charge is -2.22. The molecule has 3 aromatic carbocycles. The molecule has 4 rings (SSSR count). The number of anilines is 2. The van der Waals surface area contributed by atoms with E-state index < -0.39 is 0 Å². The quantitative estimate of drug-likeness (QED) is 0.501. The van der Waals surface area contributed by atoms with Gasteiger partial charge in [0.2, 0.25) is 5.91 Å². The first-order valence-corrected chi connectivity index (χ1v) is 11.3. The Morgan fingerprint density at radius 1 is 0.912 bits per heavy atom.